The van der Waals surface area contributed by atoms with Gasteiger partial charge in [0.1, 0.15) is 11.5 Å². The summed E-state index contributed by atoms with van der Waals surface area (Å²) in [5.41, 5.74) is 11.3. The van der Waals surface area contributed by atoms with E-state index < -0.39 is 0 Å². The summed E-state index contributed by atoms with van der Waals surface area (Å²) >= 11 is 0. The summed E-state index contributed by atoms with van der Waals surface area (Å²) in [6.07, 6.45) is 1.68. The monoisotopic (exact) mass is 255 g/mol. The maximum Gasteiger partial charge on any atom is 0.256 e. The van der Waals surface area contributed by atoms with Gasteiger partial charge in [-0.05, 0) is 30.3 Å². The van der Waals surface area contributed by atoms with Gasteiger partial charge in [-0.2, -0.15) is 0 Å². The lowest BCUT2D eigenvalue weighted by Crippen LogP contribution is -2.63. The third kappa shape index (κ3) is 4.16. The third-order valence-corrected chi connectivity index (χ3v) is 2.26. The van der Waals surface area contributed by atoms with Crippen LogP contribution in [0.1, 0.15) is 5.56 Å². The molecule has 5 N–H and O–H groups in total. The molecule has 2 rings (SSSR count). The summed E-state index contributed by atoms with van der Waals surface area (Å²) in [6.45, 7) is 0. The maximum atomic E-state index is 5.71. The molecule has 0 aliphatic heterocycles. The Hall–Kier alpha value is -2.82. The Balaban J connectivity index is 2.11. The summed E-state index contributed by atoms with van der Waals surface area (Å²) in [6, 6.07) is 17.1. The lowest BCUT2D eigenvalue weighted by atomic mass is 10.2. The lowest BCUT2D eigenvalue weighted by Gasteiger charge is -2.04. The highest BCUT2D eigenvalue weighted by Gasteiger charge is 1.98. The van der Waals surface area contributed by atoms with Crippen molar-refractivity contribution >= 4 is 12.2 Å². The normalized spacial score (nSPS) is 10.3. The van der Waals surface area contributed by atoms with Crippen LogP contribution in [0.5, 0.6) is 11.5 Å². The van der Waals surface area contributed by atoms with Gasteiger partial charge >= 0.3 is 0 Å². The largest absolute Gasteiger partial charge is 0.457 e. The van der Waals surface area contributed by atoms with Gasteiger partial charge in [0.2, 0.25) is 6.21 Å². The number of nitrogens with one attached hydrogen (secondary N) is 1. The van der Waals surface area contributed by atoms with Gasteiger partial charge in [-0.3, -0.25) is 0 Å². The second-order valence-electron chi connectivity index (χ2n) is 3.80. The molecule has 0 unspecified atom stereocenters. The zero-order chi connectivity index (χ0) is 13.5. The molecule has 2 aromatic rings. The molecule has 5 nitrogen and oxygen atoms in total. The zero-order valence-electron chi connectivity index (χ0n) is 10.3. The van der Waals surface area contributed by atoms with Crippen molar-refractivity contribution in [3.8, 4) is 11.5 Å². The number of nitrogens with two attached hydrogens (primary N) is 2. The van der Waals surface area contributed by atoms with Crippen molar-refractivity contribution in [2.75, 3.05) is 0 Å². The van der Waals surface area contributed by atoms with Crippen LogP contribution < -0.4 is 21.3 Å². The Morgan fingerprint density at radius 2 is 1.74 bits per heavy atom. The molecule has 0 spiro atoms. The van der Waals surface area contributed by atoms with E-state index in [-0.39, 0.29) is 5.96 Å². The Morgan fingerprint density at radius 3 is 2.47 bits per heavy atom. The van der Waals surface area contributed by atoms with Crippen LogP contribution >= 0.6 is 0 Å². The quantitative estimate of drug-likeness (QED) is 0.413. The molecule has 19 heavy (non-hydrogen) atoms. The average molecular weight is 255 g/mol. The fourth-order valence-corrected chi connectivity index (χ4v) is 1.47. The summed E-state index contributed by atoms with van der Waals surface area (Å²) in [5.74, 6) is 1.51. The number of hydrogen-bond donors (Lipinski definition) is 3. The standard InChI is InChI=1S/C14H14N4O/c15-14(16)18-17-10-11-5-4-8-13(9-11)19-12-6-2-1-3-7-12/h1-10H,(H4,15,16,18)/p+1/b17-10+. The van der Waals surface area contributed by atoms with Gasteiger partial charge in [0.15, 0.2) is 0 Å². The first-order chi connectivity index (χ1) is 9.24. The second-order valence-corrected chi connectivity index (χ2v) is 3.80. The van der Waals surface area contributed by atoms with E-state index >= 15 is 0 Å². The van der Waals surface area contributed by atoms with Gasteiger partial charge in [0, 0.05) is 10.7 Å². The predicted molar refractivity (Wildman–Crippen MR) is 74.9 cm³/mol. The van der Waals surface area contributed by atoms with E-state index in [0.717, 1.165) is 17.1 Å². The van der Waals surface area contributed by atoms with Crippen LogP contribution in [0.2, 0.25) is 0 Å². The van der Waals surface area contributed by atoms with E-state index in [4.69, 9.17) is 16.2 Å². The SMILES string of the molecule is NC(N)=N/[NH+]=C/c1cccc(Oc2ccccc2)c1. The molecule has 0 aliphatic carbocycles. The summed E-state index contributed by atoms with van der Waals surface area (Å²) in [5, 5.41) is 6.31. The van der Waals surface area contributed by atoms with E-state index in [1.165, 1.54) is 0 Å². The van der Waals surface area contributed by atoms with Gasteiger partial charge in [0.25, 0.3) is 5.96 Å². The highest BCUT2D eigenvalue weighted by atomic mass is 16.5. The first kappa shape index (κ1) is 12.6. The average Bonchev–Trinajstić information content (AvgIpc) is 2.40. The summed E-state index contributed by atoms with van der Waals surface area (Å²) in [4.78, 5) is 0. The van der Waals surface area contributed by atoms with E-state index in [9.17, 15) is 0 Å². The Bertz CT molecular complexity index is 589. The van der Waals surface area contributed by atoms with Gasteiger partial charge in [0.05, 0.1) is 0 Å². The van der Waals surface area contributed by atoms with Crippen molar-refractivity contribution in [2.45, 2.75) is 0 Å². The van der Waals surface area contributed by atoms with Crippen molar-refractivity contribution in [3.05, 3.63) is 60.2 Å². The van der Waals surface area contributed by atoms with Gasteiger partial charge < -0.3 is 16.2 Å². The van der Waals surface area contributed by atoms with Crippen molar-refractivity contribution < 1.29 is 9.84 Å². The number of rotatable bonds is 4. The molecule has 0 bridgehead atoms. The number of hydrogen-bond acceptors (Lipinski definition) is 2. The minimum absolute atomic E-state index is 0.0204. The van der Waals surface area contributed by atoms with Crippen molar-refractivity contribution in [1.82, 2.24) is 0 Å². The smallest absolute Gasteiger partial charge is 0.256 e. The van der Waals surface area contributed by atoms with Crippen LogP contribution in [0.4, 0.5) is 0 Å². The number of ether oxygens (including phenoxy) is 1. The molecule has 0 saturated heterocycles. The van der Waals surface area contributed by atoms with E-state index in [1.54, 1.807) is 6.21 Å². The Kier molecular flexibility index (Phi) is 4.12. The highest BCUT2D eigenvalue weighted by Crippen LogP contribution is 2.20. The molecular weight excluding hydrogens is 240 g/mol. The molecular formula is C14H15N4O+. The minimum atomic E-state index is -0.0204. The number of para-hydroxylation sites is 1. The number of hydrazone groups is 1. The van der Waals surface area contributed by atoms with Crippen LogP contribution in [-0.2, 0) is 0 Å². The summed E-state index contributed by atoms with van der Waals surface area (Å²) < 4.78 is 5.71. The molecule has 0 heterocycles. The fourth-order valence-electron chi connectivity index (χ4n) is 1.47. The van der Waals surface area contributed by atoms with Gasteiger partial charge in [-0.1, -0.05) is 24.3 Å². The molecule has 2 aromatic carbocycles. The molecule has 0 radical (unpaired) electrons. The van der Waals surface area contributed by atoms with Crippen LogP contribution in [0.15, 0.2) is 59.7 Å². The first-order valence-electron chi connectivity index (χ1n) is 5.74. The first-order valence-corrected chi connectivity index (χ1v) is 5.74. The minimum Gasteiger partial charge on any atom is -0.457 e. The Morgan fingerprint density at radius 1 is 1.00 bits per heavy atom. The van der Waals surface area contributed by atoms with Gasteiger partial charge in [-0.15, -0.1) is 5.10 Å². The molecule has 0 aromatic heterocycles. The molecule has 0 fully saturated rings. The van der Waals surface area contributed by atoms with Crippen molar-refractivity contribution in [2.24, 2.45) is 16.6 Å². The number of guanidine groups is 1. The zero-order valence-corrected chi connectivity index (χ0v) is 10.3. The maximum absolute atomic E-state index is 5.71. The lowest BCUT2D eigenvalue weighted by molar-refractivity contribution is -0.456. The van der Waals surface area contributed by atoms with Crippen LogP contribution in [0, 0.1) is 0 Å². The molecule has 5 heteroatoms. The van der Waals surface area contributed by atoms with Crippen LogP contribution in [0.25, 0.3) is 0 Å². The molecule has 96 valence electrons. The second kappa shape index (κ2) is 6.20. The number of nitrogens with zero attached hydrogens (tertiary/aromatic N) is 1. The van der Waals surface area contributed by atoms with Crippen molar-refractivity contribution in [1.29, 1.82) is 0 Å². The van der Waals surface area contributed by atoms with Crippen LogP contribution in [-0.4, -0.2) is 12.2 Å². The molecule has 0 saturated carbocycles. The van der Waals surface area contributed by atoms with Gasteiger partial charge in [-0.25, -0.2) is 0 Å². The Labute approximate surface area is 111 Å². The highest BCUT2D eigenvalue weighted by molar-refractivity contribution is 5.77. The molecule has 0 atom stereocenters. The van der Waals surface area contributed by atoms with E-state index in [0.29, 0.717) is 0 Å². The molecule has 0 aliphatic rings. The molecule has 0 amide bonds. The fraction of sp³-hybridized carbons (Fsp3) is 0. The van der Waals surface area contributed by atoms with E-state index in [1.807, 2.05) is 54.6 Å². The van der Waals surface area contributed by atoms with E-state index in [2.05, 4.69) is 10.2 Å². The third-order valence-electron chi connectivity index (χ3n) is 2.26. The number of benzene rings is 2. The van der Waals surface area contributed by atoms with Crippen molar-refractivity contribution in [3.63, 3.8) is 0 Å². The predicted octanol–water partition coefficient (Wildman–Crippen LogP) is 0.167. The van der Waals surface area contributed by atoms with Crippen LogP contribution in [0.3, 0.4) is 0 Å². The topological polar surface area (TPSA) is 87.6 Å². The summed E-state index contributed by atoms with van der Waals surface area (Å²) in [7, 11) is 0.